The summed E-state index contributed by atoms with van der Waals surface area (Å²) < 4.78 is 5.20. The van der Waals surface area contributed by atoms with Crippen LogP contribution in [0, 0.1) is 0 Å². The summed E-state index contributed by atoms with van der Waals surface area (Å²) in [4.78, 5) is 40.9. The molecule has 0 aromatic heterocycles. The van der Waals surface area contributed by atoms with Gasteiger partial charge in [-0.15, -0.1) is 0 Å². The molecule has 0 aliphatic carbocycles. The van der Waals surface area contributed by atoms with Crippen LogP contribution in [-0.4, -0.2) is 48.4 Å². The van der Waals surface area contributed by atoms with Crippen LogP contribution < -0.4 is 15.0 Å². The third-order valence-electron chi connectivity index (χ3n) is 5.56. The summed E-state index contributed by atoms with van der Waals surface area (Å²) in [5.41, 5.74) is 1.97. The fourth-order valence-corrected chi connectivity index (χ4v) is 3.98. The Labute approximate surface area is 169 Å². The number of carbonyl (C=O) groups is 3. The second kappa shape index (κ2) is 7.67. The number of Topliss-reactive ketones (excluding diaryl/α,β-unsaturated/α-hetero) is 1. The Morgan fingerprint density at radius 2 is 1.79 bits per heavy atom. The molecule has 150 valence electrons. The van der Waals surface area contributed by atoms with Gasteiger partial charge in [0.05, 0.1) is 18.8 Å². The smallest absolute Gasteiger partial charge is 0.332 e. The number of ketones is 1. The second-order valence-corrected chi connectivity index (χ2v) is 7.32. The van der Waals surface area contributed by atoms with Crippen LogP contribution >= 0.6 is 0 Å². The number of nitrogens with zero attached hydrogens (tertiary/aromatic N) is 2. The van der Waals surface area contributed by atoms with Gasteiger partial charge in [-0.2, -0.15) is 0 Å². The molecule has 1 N–H and O–H groups in total. The summed E-state index contributed by atoms with van der Waals surface area (Å²) >= 11 is 0. The Kier molecular flexibility index (Phi) is 5.07. The van der Waals surface area contributed by atoms with Gasteiger partial charge in [-0.3, -0.25) is 9.59 Å². The number of imide groups is 1. The zero-order chi connectivity index (χ0) is 20.5. The average molecular weight is 393 g/mol. The molecule has 3 amide bonds. The number of carbonyl (C=O) groups excluding carboxylic acids is 3. The molecule has 7 heteroatoms. The van der Waals surface area contributed by atoms with E-state index in [2.05, 4.69) is 5.32 Å². The lowest BCUT2D eigenvalue weighted by Crippen LogP contribution is -2.64. The first-order valence-corrected chi connectivity index (χ1v) is 9.61. The first-order chi connectivity index (χ1) is 14.0. The van der Waals surface area contributed by atoms with E-state index in [1.165, 1.54) is 11.8 Å². The van der Waals surface area contributed by atoms with E-state index in [9.17, 15) is 14.4 Å². The van der Waals surface area contributed by atoms with E-state index < -0.39 is 6.04 Å². The largest absolute Gasteiger partial charge is 0.497 e. The normalized spacial score (nSPS) is 21.3. The van der Waals surface area contributed by atoms with Crippen molar-refractivity contribution in [2.24, 2.45) is 0 Å². The second-order valence-electron chi connectivity index (χ2n) is 7.32. The number of benzene rings is 2. The van der Waals surface area contributed by atoms with Gasteiger partial charge in [-0.1, -0.05) is 12.1 Å². The number of rotatable bonds is 5. The van der Waals surface area contributed by atoms with Crippen molar-refractivity contribution in [3.8, 4) is 5.75 Å². The Morgan fingerprint density at radius 3 is 2.41 bits per heavy atom. The maximum atomic E-state index is 13.3. The number of fused-ring (bicyclic) bond motifs is 1. The molecule has 2 saturated heterocycles. The number of anilines is 1. The van der Waals surface area contributed by atoms with E-state index in [4.69, 9.17) is 4.74 Å². The Morgan fingerprint density at radius 1 is 1.10 bits per heavy atom. The maximum absolute atomic E-state index is 13.3. The summed E-state index contributed by atoms with van der Waals surface area (Å²) in [5.74, 6) is 0.437. The molecule has 4 rings (SSSR count). The topological polar surface area (TPSA) is 79.0 Å². The standard InChI is InChI=1S/C22H23N3O4/c1-14(26)16-5-7-17(8-6-16)25-21(27)20-19(11-12-23-20)24(22(25)28)13-15-3-9-18(29-2)10-4-15/h3-10,19-20,23H,11-13H2,1-2H3/t19-,20+/m1/s1. The molecule has 0 unspecified atom stereocenters. The van der Waals surface area contributed by atoms with E-state index in [1.807, 2.05) is 24.3 Å². The highest BCUT2D eigenvalue weighted by Gasteiger charge is 2.48. The quantitative estimate of drug-likeness (QED) is 0.790. The van der Waals surface area contributed by atoms with Gasteiger partial charge in [0, 0.05) is 12.1 Å². The van der Waals surface area contributed by atoms with Crippen LogP contribution in [0.5, 0.6) is 5.75 Å². The van der Waals surface area contributed by atoms with E-state index >= 15 is 0 Å². The van der Waals surface area contributed by atoms with Crippen LogP contribution in [0.3, 0.4) is 0 Å². The fraction of sp³-hybridized carbons (Fsp3) is 0.318. The lowest BCUT2D eigenvalue weighted by molar-refractivity contribution is -0.122. The van der Waals surface area contributed by atoms with Crippen LogP contribution in [0.4, 0.5) is 10.5 Å². The Hall–Kier alpha value is -3.19. The van der Waals surface area contributed by atoms with Crippen molar-refractivity contribution in [1.29, 1.82) is 0 Å². The van der Waals surface area contributed by atoms with Gasteiger partial charge in [0.1, 0.15) is 11.8 Å². The number of nitrogens with one attached hydrogen (secondary N) is 1. The van der Waals surface area contributed by atoms with Gasteiger partial charge >= 0.3 is 6.03 Å². The molecule has 0 saturated carbocycles. The highest BCUT2D eigenvalue weighted by molar-refractivity contribution is 6.18. The Balaban J connectivity index is 1.64. The van der Waals surface area contributed by atoms with Gasteiger partial charge in [0.2, 0.25) is 0 Å². The minimum Gasteiger partial charge on any atom is -0.497 e. The summed E-state index contributed by atoms with van der Waals surface area (Å²) in [6, 6.07) is 13.2. The maximum Gasteiger partial charge on any atom is 0.332 e. The molecule has 2 atom stereocenters. The predicted molar refractivity (Wildman–Crippen MR) is 108 cm³/mol. The monoisotopic (exact) mass is 393 g/mol. The molecule has 2 fully saturated rings. The van der Waals surface area contributed by atoms with E-state index in [1.54, 1.807) is 36.3 Å². The molecule has 29 heavy (non-hydrogen) atoms. The van der Waals surface area contributed by atoms with Crippen molar-refractivity contribution in [2.45, 2.75) is 32.0 Å². The van der Waals surface area contributed by atoms with Gasteiger partial charge in [-0.25, -0.2) is 9.69 Å². The van der Waals surface area contributed by atoms with Crippen molar-refractivity contribution < 1.29 is 19.1 Å². The molecule has 2 aliphatic heterocycles. The molecule has 7 nitrogen and oxygen atoms in total. The minimum atomic E-state index is -0.432. The first kappa shape index (κ1) is 19.1. The lowest BCUT2D eigenvalue weighted by Gasteiger charge is -2.41. The molecule has 2 heterocycles. The Bertz CT molecular complexity index is 940. The number of methoxy groups -OCH3 is 1. The number of urea groups is 1. The lowest BCUT2D eigenvalue weighted by atomic mass is 10.0. The fourth-order valence-electron chi connectivity index (χ4n) is 3.98. The molecule has 0 radical (unpaired) electrons. The van der Waals surface area contributed by atoms with Crippen molar-refractivity contribution in [1.82, 2.24) is 10.2 Å². The number of hydrogen-bond donors (Lipinski definition) is 1. The van der Waals surface area contributed by atoms with Crippen LogP contribution in [0.2, 0.25) is 0 Å². The summed E-state index contributed by atoms with van der Waals surface area (Å²) in [6.45, 7) is 2.57. The number of hydrogen-bond acceptors (Lipinski definition) is 5. The summed E-state index contributed by atoms with van der Waals surface area (Å²) in [7, 11) is 1.61. The van der Waals surface area contributed by atoms with Gasteiger partial charge < -0.3 is 15.0 Å². The van der Waals surface area contributed by atoms with Crippen LogP contribution in [0.15, 0.2) is 48.5 Å². The highest BCUT2D eigenvalue weighted by atomic mass is 16.5. The minimum absolute atomic E-state index is 0.0634. The van der Waals surface area contributed by atoms with E-state index in [0.717, 1.165) is 17.7 Å². The summed E-state index contributed by atoms with van der Waals surface area (Å²) in [5, 5.41) is 3.23. The van der Waals surface area contributed by atoms with Gasteiger partial charge in [-0.05, 0) is 61.9 Å². The van der Waals surface area contributed by atoms with Crippen molar-refractivity contribution in [3.05, 3.63) is 59.7 Å². The van der Waals surface area contributed by atoms with Gasteiger partial charge in [0.15, 0.2) is 5.78 Å². The van der Waals surface area contributed by atoms with E-state index in [-0.39, 0.29) is 23.8 Å². The predicted octanol–water partition coefficient (Wildman–Crippen LogP) is 2.60. The SMILES string of the molecule is COc1ccc(CN2C(=O)N(c3ccc(C(C)=O)cc3)C(=O)[C@H]3NCC[C@H]32)cc1. The number of ether oxygens (including phenoxy) is 1. The first-order valence-electron chi connectivity index (χ1n) is 9.61. The zero-order valence-electron chi connectivity index (χ0n) is 16.4. The van der Waals surface area contributed by atoms with Crippen molar-refractivity contribution in [3.63, 3.8) is 0 Å². The highest BCUT2D eigenvalue weighted by Crippen LogP contribution is 2.30. The molecule has 2 aliphatic rings. The zero-order valence-corrected chi connectivity index (χ0v) is 16.4. The van der Waals surface area contributed by atoms with Crippen LogP contribution in [0.25, 0.3) is 0 Å². The third kappa shape index (κ3) is 3.49. The summed E-state index contributed by atoms with van der Waals surface area (Å²) in [6.07, 6.45) is 0.732. The molecule has 2 aromatic rings. The molecular formula is C22H23N3O4. The molecular weight excluding hydrogens is 370 g/mol. The van der Waals surface area contributed by atoms with Gasteiger partial charge in [0.25, 0.3) is 5.91 Å². The van der Waals surface area contributed by atoms with Crippen LogP contribution in [-0.2, 0) is 11.3 Å². The molecule has 0 bridgehead atoms. The van der Waals surface area contributed by atoms with Crippen LogP contribution in [0.1, 0.15) is 29.3 Å². The van der Waals surface area contributed by atoms with Crippen molar-refractivity contribution in [2.75, 3.05) is 18.6 Å². The molecule has 0 spiro atoms. The average Bonchev–Trinajstić information content (AvgIpc) is 3.22. The van der Waals surface area contributed by atoms with E-state index in [0.29, 0.717) is 24.3 Å². The van der Waals surface area contributed by atoms with Crippen molar-refractivity contribution >= 4 is 23.4 Å². The third-order valence-corrected chi connectivity index (χ3v) is 5.56. The number of amides is 3. The molecule has 2 aromatic carbocycles.